The predicted octanol–water partition coefficient (Wildman–Crippen LogP) is 0.837. The lowest BCUT2D eigenvalue weighted by molar-refractivity contribution is -0.135. The molecule has 0 spiro atoms. The maximum Gasteiger partial charge on any atom is 0.255 e. The molecule has 1 aliphatic carbocycles. The molecule has 5 heteroatoms. The van der Waals surface area contributed by atoms with Crippen LogP contribution in [0.25, 0.3) is 0 Å². The average molecular weight is 206 g/mol. The minimum absolute atomic E-state index is 0.0592. The Kier molecular flexibility index (Phi) is 3.80. The van der Waals surface area contributed by atoms with Gasteiger partial charge in [0.15, 0.2) is 0 Å². The smallest absolute Gasteiger partial charge is 0.255 e. The number of nitrogens with zero attached hydrogens (tertiary/aromatic N) is 1. The molecule has 1 rings (SSSR count). The maximum absolute atomic E-state index is 12.0. The van der Waals surface area contributed by atoms with Crippen molar-refractivity contribution in [3.8, 4) is 0 Å². The van der Waals surface area contributed by atoms with E-state index in [-0.39, 0.29) is 17.9 Å². The summed E-state index contributed by atoms with van der Waals surface area (Å²) in [5, 5.41) is 0. The molecule has 14 heavy (non-hydrogen) atoms. The highest BCUT2D eigenvalue weighted by Gasteiger charge is 2.30. The van der Waals surface area contributed by atoms with Gasteiger partial charge in [-0.3, -0.25) is 4.79 Å². The lowest BCUT2D eigenvalue weighted by Crippen LogP contribution is -2.35. The summed E-state index contributed by atoms with van der Waals surface area (Å²) in [5.74, 6) is -0.341. The van der Waals surface area contributed by atoms with Crippen molar-refractivity contribution in [3.63, 3.8) is 0 Å². The molecule has 2 N–H and O–H groups in total. The van der Waals surface area contributed by atoms with Gasteiger partial charge in [-0.15, -0.1) is 0 Å². The number of alkyl halides is 2. The van der Waals surface area contributed by atoms with Gasteiger partial charge in [-0.1, -0.05) is 0 Å². The van der Waals surface area contributed by atoms with Gasteiger partial charge in [-0.2, -0.15) is 0 Å². The van der Waals surface area contributed by atoms with Gasteiger partial charge in [-0.05, 0) is 19.3 Å². The number of amides is 1. The van der Waals surface area contributed by atoms with Crippen LogP contribution in [0.3, 0.4) is 0 Å². The van der Waals surface area contributed by atoms with Gasteiger partial charge in [0.05, 0.1) is 6.54 Å². The molecule has 1 fully saturated rings. The third-order valence-corrected chi connectivity index (χ3v) is 2.61. The lowest BCUT2D eigenvalue weighted by Gasteiger charge is -2.20. The van der Waals surface area contributed by atoms with Gasteiger partial charge in [0.25, 0.3) is 6.43 Å². The second-order valence-electron chi connectivity index (χ2n) is 3.88. The molecule has 0 bridgehead atoms. The number of halogens is 2. The highest BCUT2D eigenvalue weighted by molar-refractivity contribution is 5.78. The number of hydrogen-bond donors (Lipinski definition) is 1. The minimum Gasteiger partial charge on any atom is -0.340 e. The second-order valence-corrected chi connectivity index (χ2v) is 3.88. The lowest BCUT2D eigenvalue weighted by atomic mass is 10.1. The Morgan fingerprint density at radius 3 is 2.64 bits per heavy atom. The van der Waals surface area contributed by atoms with Crippen molar-refractivity contribution < 1.29 is 13.6 Å². The Bertz CT molecular complexity index is 211. The molecule has 0 aromatic rings. The zero-order valence-electron chi connectivity index (χ0n) is 8.25. The molecular formula is C9H16F2N2O. The maximum atomic E-state index is 12.0. The summed E-state index contributed by atoms with van der Waals surface area (Å²) < 4.78 is 24.0. The van der Waals surface area contributed by atoms with E-state index >= 15 is 0 Å². The Balaban J connectivity index is 2.40. The third kappa shape index (κ3) is 2.90. The van der Waals surface area contributed by atoms with Crippen molar-refractivity contribution in [3.05, 3.63) is 0 Å². The molecule has 82 valence electrons. The molecule has 1 aliphatic rings. The molecule has 1 saturated carbocycles. The fraction of sp³-hybridized carbons (Fsp3) is 0.889. The SMILES string of the molecule is CN(CC(F)F)C(=O)C1CCC(N)C1. The van der Waals surface area contributed by atoms with E-state index < -0.39 is 13.0 Å². The quantitative estimate of drug-likeness (QED) is 0.743. The van der Waals surface area contributed by atoms with Crippen LogP contribution in [0.1, 0.15) is 19.3 Å². The molecule has 0 aromatic heterocycles. The topological polar surface area (TPSA) is 46.3 Å². The van der Waals surface area contributed by atoms with E-state index in [4.69, 9.17) is 5.73 Å². The molecule has 0 heterocycles. The van der Waals surface area contributed by atoms with Crippen molar-refractivity contribution in [1.29, 1.82) is 0 Å². The first-order valence-corrected chi connectivity index (χ1v) is 4.79. The van der Waals surface area contributed by atoms with Gasteiger partial charge in [0.1, 0.15) is 0 Å². The van der Waals surface area contributed by atoms with Crippen LogP contribution in [0.2, 0.25) is 0 Å². The normalized spacial score (nSPS) is 26.9. The molecular weight excluding hydrogens is 190 g/mol. The Morgan fingerprint density at radius 1 is 1.57 bits per heavy atom. The van der Waals surface area contributed by atoms with Gasteiger partial charge >= 0.3 is 0 Å². The molecule has 3 nitrogen and oxygen atoms in total. The minimum atomic E-state index is -2.46. The van der Waals surface area contributed by atoms with Crippen LogP contribution in [0, 0.1) is 5.92 Å². The van der Waals surface area contributed by atoms with Crippen LogP contribution in [-0.2, 0) is 4.79 Å². The molecule has 2 atom stereocenters. The van der Waals surface area contributed by atoms with E-state index in [1.54, 1.807) is 0 Å². The van der Waals surface area contributed by atoms with E-state index in [9.17, 15) is 13.6 Å². The first-order valence-electron chi connectivity index (χ1n) is 4.79. The van der Waals surface area contributed by atoms with Crippen molar-refractivity contribution in [2.75, 3.05) is 13.6 Å². The van der Waals surface area contributed by atoms with E-state index in [0.29, 0.717) is 6.42 Å². The largest absolute Gasteiger partial charge is 0.340 e. The predicted molar refractivity (Wildman–Crippen MR) is 49.0 cm³/mol. The van der Waals surface area contributed by atoms with Crippen LogP contribution in [0.15, 0.2) is 0 Å². The van der Waals surface area contributed by atoms with Gasteiger partial charge in [0, 0.05) is 19.0 Å². The number of carbonyl (C=O) groups excluding carboxylic acids is 1. The summed E-state index contributed by atoms with van der Waals surface area (Å²) in [6.45, 7) is -0.482. The number of nitrogens with two attached hydrogens (primary N) is 1. The van der Waals surface area contributed by atoms with Gasteiger partial charge in [0.2, 0.25) is 5.91 Å². The first kappa shape index (κ1) is 11.4. The van der Waals surface area contributed by atoms with E-state index in [2.05, 4.69) is 0 Å². The average Bonchev–Trinajstić information content (AvgIpc) is 2.49. The van der Waals surface area contributed by atoms with Crippen molar-refractivity contribution in [1.82, 2.24) is 4.90 Å². The number of hydrogen-bond acceptors (Lipinski definition) is 2. The summed E-state index contributed by atoms with van der Waals surface area (Å²) in [6.07, 6.45) is -0.280. The molecule has 2 unspecified atom stereocenters. The van der Waals surface area contributed by atoms with E-state index in [0.717, 1.165) is 17.7 Å². The summed E-state index contributed by atoms with van der Waals surface area (Å²) in [7, 11) is 1.42. The fourth-order valence-electron chi connectivity index (χ4n) is 1.85. The third-order valence-electron chi connectivity index (χ3n) is 2.61. The molecule has 0 radical (unpaired) electrons. The summed E-state index contributed by atoms with van der Waals surface area (Å²) in [5.41, 5.74) is 5.65. The van der Waals surface area contributed by atoms with Crippen LogP contribution < -0.4 is 5.73 Å². The highest BCUT2D eigenvalue weighted by Crippen LogP contribution is 2.25. The summed E-state index contributed by atoms with van der Waals surface area (Å²) >= 11 is 0. The standard InChI is InChI=1S/C9H16F2N2O/c1-13(5-8(10)11)9(14)6-2-3-7(12)4-6/h6-8H,2-5,12H2,1H3. The molecule has 0 aliphatic heterocycles. The van der Waals surface area contributed by atoms with Crippen molar-refractivity contribution in [2.45, 2.75) is 31.7 Å². The van der Waals surface area contributed by atoms with Gasteiger partial charge < -0.3 is 10.6 Å². The molecule has 1 amide bonds. The Hall–Kier alpha value is -0.710. The summed E-state index contributed by atoms with van der Waals surface area (Å²) in [6, 6.07) is 0.0592. The van der Waals surface area contributed by atoms with Crippen molar-refractivity contribution in [2.24, 2.45) is 11.7 Å². The fourth-order valence-corrected chi connectivity index (χ4v) is 1.85. The Labute approximate surface area is 82.2 Å². The second kappa shape index (κ2) is 4.68. The van der Waals surface area contributed by atoms with E-state index in [1.165, 1.54) is 7.05 Å². The van der Waals surface area contributed by atoms with E-state index in [1.807, 2.05) is 0 Å². The first-order chi connectivity index (χ1) is 6.50. The van der Waals surface area contributed by atoms with Crippen molar-refractivity contribution >= 4 is 5.91 Å². The zero-order chi connectivity index (χ0) is 10.7. The van der Waals surface area contributed by atoms with Crippen LogP contribution in [-0.4, -0.2) is 36.9 Å². The number of rotatable bonds is 3. The van der Waals surface area contributed by atoms with Crippen LogP contribution in [0.5, 0.6) is 0 Å². The zero-order valence-corrected chi connectivity index (χ0v) is 8.25. The highest BCUT2D eigenvalue weighted by atomic mass is 19.3. The van der Waals surface area contributed by atoms with Crippen LogP contribution >= 0.6 is 0 Å². The number of carbonyl (C=O) groups is 1. The molecule has 0 aromatic carbocycles. The molecule has 0 saturated heterocycles. The Morgan fingerprint density at radius 2 is 2.21 bits per heavy atom. The van der Waals surface area contributed by atoms with Gasteiger partial charge in [-0.25, -0.2) is 8.78 Å². The summed E-state index contributed by atoms with van der Waals surface area (Å²) in [4.78, 5) is 12.7. The monoisotopic (exact) mass is 206 g/mol. The van der Waals surface area contributed by atoms with Crippen LogP contribution in [0.4, 0.5) is 8.78 Å².